The molecule has 1 aromatic rings. The molecule has 0 unspecified atom stereocenters. The first-order valence-corrected chi connectivity index (χ1v) is 19.6. The largest absolute Gasteiger partial charge is 0.444 e. The third kappa shape index (κ3) is 8.45. The van der Waals surface area contributed by atoms with Crippen LogP contribution >= 0.6 is 11.6 Å². The average Bonchev–Trinajstić information content (AvgIpc) is 3.93. The molecule has 278 valence electrons. The predicted octanol–water partition coefficient (Wildman–Crippen LogP) is 3.66. The lowest BCUT2D eigenvalue weighted by molar-refractivity contribution is -0.141. The van der Waals surface area contributed by atoms with Gasteiger partial charge in [0.25, 0.3) is 5.91 Å². The molecular formula is C35H46ClN5O9S. The van der Waals surface area contributed by atoms with Gasteiger partial charge in [0.1, 0.15) is 29.3 Å². The van der Waals surface area contributed by atoms with Crippen molar-refractivity contribution >= 4 is 51.5 Å². The lowest BCUT2D eigenvalue weighted by Gasteiger charge is -2.30. The van der Waals surface area contributed by atoms with Gasteiger partial charge >= 0.3 is 12.2 Å². The number of nitrogens with zero attached hydrogens (tertiary/aromatic N) is 2. The van der Waals surface area contributed by atoms with Crippen LogP contribution < -0.4 is 15.4 Å². The second kappa shape index (κ2) is 14.3. The minimum Gasteiger partial charge on any atom is -0.444 e. The topological polar surface area (TPSA) is 181 Å². The third-order valence-corrected chi connectivity index (χ3v) is 12.2. The lowest BCUT2D eigenvalue weighted by atomic mass is 10.0. The zero-order chi connectivity index (χ0) is 36.7. The van der Waals surface area contributed by atoms with Crippen LogP contribution in [0.15, 0.2) is 30.4 Å². The minimum atomic E-state index is -3.90. The highest BCUT2D eigenvalue weighted by atomic mass is 35.5. The summed E-state index contributed by atoms with van der Waals surface area (Å²) >= 11 is 6.35. The molecule has 1 saturated heterocycles. The molecule has 14 nitrogen and oxygen atoms in total. The van der Waals surface area contributed by atoms with Gasteiger partial charge in [-0.2, -0.15) is 0 Å². The summed E-state index contributed by atoms with van der Waals surface area (Å²) in [6.07, 6.45) is 5.50. The van der Waals surface area contributed by atoms with E-state index in [-0.39, 0.29) is 38.9 Å². The highest BCUT2D eigenvalue weighted by Gasteiger charge is 2.62. The van der Waals surface area contributed by atoms with Crippen LogP contribution in [0.3, 0.4) is 0 Å². The van der Waals surface area contributed by atoms with Crippen LogP contribution in [0.4, 0.5) is 9.59 Å². The second-order valence-corrected chi connectivity index (χ2v) is 17.6. The maximum atomic E-state index is 14.3. The molecule has 0 spiro atoms. The van der Waals surface area contributed by atoms with Gasteiger partial charge in [-0.3, -0.25) is 24.0 Å². The van der Waals surface area contributed by atoms with Gasteiger partial charge in [0.2, 0.25) is 21.8 Å². The first-order valence-electron chi connectivity index (χ1n) is 17.6. The molecule has 6 rings (SSSR count). The van der Waals surface area contributed by atoms with Gasteiger partial charge in [-0.15, -0.1) is 0 Å². The van der Waals surface area contributed by atoms with E-state index in [0.29, 0.717) is 30.7 Å². The maximum absolute atomic E-state index is 14.3. The zero-order valence-electron chi connectivity index (χ0n) is 29.1. The number of carbonyl (C=O) groups excluding carboxylic acids is 5. The maximum Gasteiger partial charge on any atom is 0.410 e. The van der Waals surface area contributed by atoms with Crippen molar-refractivity contribution in [2.24, 2.45) is 5.92 Å². The van der Waals surface area contributed by atoms with Gasteiger partial charge in [-0.1, -0.05) is 48.7 Å². The Morgan fingerprint density at radius 3 is 2.53 bits per heavy atom. The van der Waals surface area contributed by atoms with Crippen molar-refractivity contribution in [2.75, 3.05) is 6.54 Å². The van der Waals surface area contributed by atoms with Gasteiger partial charge in [-0.05, 0) is 76.5 Å². The third-order valence-electron chi connectivity index (χ3n) is 9.99. The molecule has 2 aliphatic carbocycles. The van der Waals surface area contributed by atoms with Crippen molar-refractivity contribution in [3.05, 3.63) is 46.5 Å². The summed E-state index contributed by atoms with van der Waals surface area (Å²) in [5.41, 5.74) is -0.643. The van der Waals surface area contributed by atoms with Crippen molar-refractivity contribution in [1.29, 1.82) is 0 Å². The van der Waals surface area contributed by atoms with Crippen LogP contribution in [-0.2, 0) is 47.0 Å². The quantitative estimate of drug-likeness (QED) is 0.379. The van der Waals surface area contributed by atoms with Crippen LogP contribution in [-0.4, -0.2) is 89.2 Å². The second-order valence-electron chi connectivity index (χ2n) is 15.2. The summed E-state index contributed by atoms with van der Waals surface area (Å²) in [6.45, 7) is 5.50. The van der Waals surface area contributed by atoms with Gasteiger partial charge in [0.15, 0.2) is 0 Å². The van der Waals surface area contributed by atoms with Crippen LogP contribution in [0, 0.1) is 5.92 Å². The molecule has 3 N–H and O–H groups in total. The van der Waals surface area contributed by atoms with E-state index in [2.05, 4.69) is 15.4 Å². The summed E-state index contributed by atoms with van der Waals surface area (Å²) < 4.78 is 39.0. The van der Waals surface area contributed by atoms with E-state index in [9.17, 15) is 32.4 Å². The first-order chi connectivity index (χ1) is 24.1. The Balaban J connectivity index is 1.25. The van der Waals surface area contributed by atoms with E-state index in [0.717, 1.165) is 24.0 Å². The number of amides is 5. The molecule has 2 saturated carbocycles. The van der Waals surface area contributed by atoms with E-state index in [1.807, 2.05) is 18.2 Å². The molecule has 16 heteroatoms. The highest BCUT2D eigenvalue weighted by molar-refractivity contribution is 7.91. The van der Waals surface area contributed by atoms with E-state index < -0.39 is 80.4 Å². The van der Waals surface area contributed by atoms with Gasteiger partial charge < -0.3 is 25.0 Å². The normalized spacial score (nSPS) is 28.9. The van der Waals surface area contributed by atoms with Crippen molar-refractivity contribution < 1.29 is 41.9 Å². The summed E-state index contributed by atoms with van der Waals surface area (Å²) in [5.74, 6) is -2.53. The van der Waals surface area contributed by atoms with Crippen molar-refractivity contribution in [3.63, 3.8) is 0 Å². The molecule has 1 aromatic carbocycles. The van der Waals surface area contributed by atoms with E-state index in [4.69, 9.17) is 21.1 Å². The van der Waals surface area contributed by atoms with E-state index in [1.165, 1.54) is 9.80 Å². The number of fused-ring (bicyclic) bond motifs is 3. The molecule has 51 heavy (non-hydrogen) atoms. The fourth-order valence-corrected chi connectivity index (χ4v) is 8.64. The van der Waals surface area contributed by atoms with Gasteiger partial charge in [0, 0.05) is 23.9 Å². The Kier molecular flexibility index (Phi) is 10.3. The molecule has 0 radical (unpaired) electrons. The Labute approximate surface area is 303 Å². The molecule has 5 aliphatic rings. The number of ether oxygens (including phenoxy) is 2. The summed E-state index contributed by atoms with van der Waals surface area (Å²) in [7, 11) is -3.90. The predicted molar refractivity (Wildman–Crippen MR) is 186 cm³/mol. The van der Waals surface area contributed by atoms with E-state index >= 15 is 0 Å². The Hall–Kier alpha value is -3.85. The molecule has 3 aliphatic heterocycles. The fourth-order valence-electron chi connectivity index (χ4n) is 7.02. The number of rotatable bonds is 5. The molecule has 0 bridgehead atoms. The number of hydrogen-bond donors (Lipinski definition) is 3. The molecule has 3 fully saturated rings. The molecule has 5 atom stereocenters. The average molecular weight is 748 g/mol. The smallest absolute Gasteiger partial charge is 0.410 e. The Bertz CT molecular complexity index is 1730. The SMILES string of the molecule is CC(C)(C)OC(=O)N[C@H]1CCCCC/C=C\[C@@H]2C[C@@]2(C(=O)NS(=O)(=O)C2CC2)NC(=O)[C@@H]2C[C@@H](OC(=O)N3Cc4cccc(Cl)c4C3)CN2C1=O. The zero-order valence-corrected chi connectivity index (χ0v) is 30.7. The molecule has 0 aromatic heterocycles. The van der Waals surface area contributed by atoms with Gasteiger partial charge in [-0.25, -0.2) is 18.0 Å². The Morgan fingerprint density at radius 1 is 1.06 bits per heavy atom. The van der Waals surface area contributed by atoms with E-state index in [1.54, 1.807) is 32.9 Å². The number of hydrogen-bond acceptors (Lipinski definition) is 9. The number of allylic oxidation sites excluding steroid dienone is 1. The molecule has 5 amide bonds. The van der Waals surface area contributed by atoms with Crippen LogP contribution in [0.25, 0.3) is 0 Å². The summed E-state index contributed by atoms with van der Waals surface area (Å²) in [4.78, 5) is 71.1. The van der Waals surface area contributed by atoms with Crippen LogP contribution in [0.1, 0.15) is 89.7 Å². The number of nitrogens with one attached hydrogen (secondary N) is 3. The standard InChI is InChI=1S/C35H46ClN5O9S/c1-34(2,3)50-32(45)37-27-13-8-6-4-5-7-11-22-17-35(22,31(44)39-51(47,48)24-14-15-24)38-29(42)28-16-23(19-41(28)30(27)43)49-33(46)40-18-21-10-9-12-26(36)25(21)20-40/h7,9-12,22-24,27-28H,4-6,8,13-20H2,1-3H3,(H,37,45)(H,38,42)(H,39,44)/b11-7-/t22-,23-,27+,28+,35-/m1/s1. The number of carbonyl (C=O) groups is 5. The summed E-state index contributed by atoms with van der Waals surface area (Å²) in [5, 5.41) is 5.39. The number of halogens is 1. The highest BCUT2D eigenvalue weighted by Crippen LogP contribution is 2.46. The minimum absolute atomic E-state index is 0.0808. The summed E-state index contributed by atoms with van der Waals surface area (Å²) in [6, 6.07) is 3.19. The van der Waals surface area contributed by atoms with Crippen molar-refractivity contribution in [3.8, 4) is 0 Å². The number of alkyl carbamates (subject to hydrolysis) is 1. The van der Waals surface area contributed by atoms with Crippen LogP contribution in [0.2, 0.25) is 5.02 Å². The Morgan fingerprint density at radius 2 is 1.82 bits per heavy atom. The lowest BCUT2D eigenvalue weighted by Crippen LogP contribution is -2.58. The first kappa shape index (κ1) is 36.9. The number of sulfonamides is 1. The van der Waals surface area contributed by atoms with Crippen molar-refractivity contribution in [2.45, 2.75) is 126 Å². The monoisotopic (exact) mass is 747 g/mol. The van der Waals surface area contributed by atoms with Gasteiger partial charge in [0.05, 0.1) is 18.3 Å². The van der Waals surface area contributed by atoms with Crippen LogP contribution in [0.5, 0.6) is 0 Å². The number of benzene rings is 1. The molecule has 3 heterocycles. The molecular weight excluding hydrogens is 702 g/mol. The van der Waals surface area contributed by atoms with Crippen molar-refractivity contribution in [1.82, 2.24) is 25.2 Å². The fraction of sp³-hybridized carbons (Fsp3) is 0.629.